The summed E-state index contributed by atoms with van der Waals surface area (Å²) in [5.74, 6) is -0.0605. The lowest BCUT2D eigenvalue weighted by Gasteiger charge is -2.09. The Bertz CT molecular complexity index is 518. The molecule has 0 bridgehead atoms. The third-order valence-electron chi connectivity index (χ3n) is 2.54. The molecule has 1 heterocycles. The standard InChI is InChI=1S/C14H17N3O/c1-11(15)9-14(18)16-12-5-4-6-13(10-12)17-7-2-3-8-17/h2-8,10-11H,9,15H2,1H3,(H,16,18). The Balaban J connectivity index is 2.11. The summed E-state index contributed by atoms with van der Waals surface area (Å²) in [5.41, 5.74) is 7.39. The van der Waals surface area contributed by atoms with Crippen molar-refractivity contribution in [1.82, 2.24) is 4.57 Å². The lowest BCUT2D eigenvalue weighted by Crippen LogP contribution is -2.23. The SMILES string of the molecule is CC(N)CC(=O)Nc1cccc(-n2cccc2)c1. The largest absolute Gasteiger partial charge is 0.327 e. The molecule has 1 unspecified atom stereocenters. The first kappa shape index (κ1) is 12.4. The van der Waals surface area contributed by atoms with Crippen molar-refractivity contribution in [3.8, 4) is 5.69 Å². The third kappa shape index (κ3) is 3.21. The van der Waals surface area contributed by atoms with Crippen LogP contribution in [0.25, 0.3) is 5.69 Å². The normalized spacial score (nSPS) is 12.1. The first-order chi connectivity index (χ1) is 8.65. The molecule has 0 saturated carbocycles. The highest BCUT2D eigenvalue weighted by molar-refractivity contribution is 5.91. The van der Waals surface area contributed by atoms with Gasteiger partial charge in [-0.2, -0.15) is 0 Å². The molecule has 4 heteroatoms. The number of anilines is 1. The molecule has 1 amide bonds. The van der Waals surface area contributed by atoms with E-state index in [2.05, 4.69) is 5.32 Å². The zero-order valence-corrected chi connectivity index (χ0v) is 10.3. The number of hydrogen-bond acceptors (Lipinski definition) is 2. The summed E-state index contributed by atoms with van der Waals surface area (Å²) in [6, 6.07) is 11.5. The molecule has 1 aromatic carbocycles. The molecule has 0 saturated heterocycles. The molecule has 2 aromatic rings. The molecule has 2 rings (SSSR count). The van der Waals surface area contributed by atoms with Crippen molar-refractivity contribution >= 4 is 11.6 Å². The summed E-state index contributed by atoms with van der Waals surface area (Å²) >= 11 is 0. The van der Waals surface area contributed by atoms with Gasteiger partial charge in [0, 0.05) is 36.2 Å². The van der Waals surface area contributed by atoms with E-state index in [9.17, 15) is 4.79 Å². The van der Waals surface area contributed by atoms with Crippen molar-refractivity contribution in [2.45, 2.75) is 19.4 Å². The lowest BCUT2D eigenvalue weighted by molar-refractivity contribution is -0.116. The predicted molar refractivity (Wildman–Crippen MR) is 72.7 cm³/mol. The summed E-state index contributed by atoms with van der Waals surface area (Å²) in [4.78, 5) is 11.6. The van der Waals surface area contributed by atoms with Gasteiger partial charge in [-0.3, -0.25) is 4.79 Å². The molecular formula is C14H17N3O. The number of nitrogens with zero attached hydrogens (tertiary/aromatic N) is 1. The number of aromatic nitrogens is 1. The second-order valence-corrected chi connectivity index (χ2v) is 4.37. The zero-order chi connectivity index (χ0) is 13.0. The maximum absolute atomic E-state index is 11.6. The van der Waals surface area contributed by atoms with E-state index in [0.29, 0.717) is 6.42 Å². The second-order valence-electron chi connectivity index (χ2n) is 4.37. The summed E-state index contributed by atoms with van der Waals surface area (Å²) in [6.07, 6.45) is 4.25. The maximum Gasteiger partial charge on any atom is 0.225 e. The first-order valence-corrected chi connectivity index (χ1v) is 5.94. The van der Waals surface area contributed by atoms with Gasteiger partial charge in [-0.1, -0.05) is 6.07 Å². The van der Waals surface area contributed by atoms with Crippen LogP contribution < -0.4 is 11.1 Å². The predicted octanol–water partition coefficient (Wildman–Crippen LogP) is 2.15. The molecule has 3 N–H and O–H groups in total. The van der Waals surface area contributed by atoms with Gasteiger partial charge in [-0.15, -0.1) is 0 Å². The maximum atomic E-state index is 11.6. The zero-order valence-electron chi connectivity index (χ0n) is 10.3. The Morgan fingerprint density at radius 1 is 1.33 bits per heavy atom. The summed E-state index contributed by atoms with van der Waals surface area (Å²) < 4.78 is 1.99. The van der Waals surface area contributed by atoms with Gasteiger partial charge in [0.1, 0.15) is 0 Å². The van der Waals surface area contributed by atoms with Crippen molar-refractivity contribution < 1.29 is 4.79 Å². The van der Waals surface area contributed by atoms with Crippen LogP contribution in [0, 0.1) is 0 Å². The molecule has 1 atom stereocenters. The molecule has 0 aliphatic rings. The molecule has 0 aliphatic heterocycles. The van der Waals surface area contributed by atoms with Crippen molar-refractivity contribution in [2.75, 3.05) is 5.32 Å². The average Bonchev–Trinajstić information content (AvgIpc) is 2.81. The number of amides is 1. The highest BCUT2D eigenvalue weighted by Gasteiger charge is 2.05. The van der Waals surface area contributed by atoms with Gasteiger partial charge >= 0.3 is 0 Å². The number of benzene rings is 1. The van der Waals surface area contributed by atoms with Crippen LogP contribution in [-0.2, 0) is 4.79 Å². The van der Waals surface area contributed by atoms with Crippen molar-refractivity contribution in [2.24, 2.45) is 5.73 Å². The minimum Gasteiger partial charge on any atom is -0.327 e. The Morgan fingerprint density at radius 2 is 2.06 bits per heavy atom. The molecular weight excluding hydrogens is 226 g/mol. The van der Waals surface area contributed by atoms with Crippen LogP contribution in [0.4, 0.5) is 5.69 Å². The number of rotatable bonds is 4. The van der Waals surface area contributed by atoms with E-state index >= 15 is 0 Å². The summed E-state index contributed by atoms with van der Waals surface area (Å²) in [7, 11) is 0. The van der Waals surface area contributed by atoms with E-state index in [1.54, 1.807) is 0 Å². The van der Waals surface area contributed by atoms with Gasteiger partial charge in [-0.25, -0.2) is 0 Å². The van der Waals surface area contributed by atoms with Crippen molar-refractivity contribution in [3.05, 3.63) is 48.8 Å². The Kier molecular flexibility index (Phi) is 3.79. The third-order valence-corrected chi connectivity index (χ3v) is 2.54. The fourth-order valence-corrected chi connectivity index (χ4v) is 1.76. The van der Waals surface area contributed by atoms with Crippen molar-refractivity contribution in [3.63, 3.8) is 0 Å². The molecule has 0 radical (unpaired) electrons. The Hall–Kier alpha value is -2.07. The van der Waals surface area contributed by atoms with Crippen LogP contribution in [0.5, 0.6) is 0 Å². The second kappa shape index (κ2) is 5.51. The van der Waals surface area contributed by atoms with E-state index < -0.39 is 0 Å². The molecule has 4 nitrogen and oxygen atoms in total. The summed E-state index contributed by atoms with van der Waals surface area (Å²) in [6.45, 7) is 1.82. The van der Waals surface area contributed by atoms with E-state index in [-0.39, 0.29) is 11.9 Å². The fourth-order valence-electron chi connectivity index (χ4n) is 1.76. The number of nitrogens with one attached hydrogen (secondary N) is 1. The highest BCUT2D eigenvalue weighted by atomic mass is 16.1. The van der Waals surface area contributed by atoms with Gasteiger partial charge in [0.25, 0.3) is 0 Å². The van der Waals surface area contributed by atoms with Gasteiger partial charge in [0.05, 0.1) is 0 Å². The van der Waals surface area contributed by atoms with Gasteiger partial charge in [0.15, 0.2) is 0 Å². The Labute approximate surface area is 106 Å². The number of nitrogens with two attached hydrogens (primary N) is 1. The van der Waals surface area contributed by atoms with Gasteiger partial charge in [0.2, 0.25) is 5.91 Å². The quantitative estimate of drug-likeness (QED) is 0.864. The minimum atomic E-state index is -0.127. The van der Waals surface area contributed by atoms with Crippen LogP contribution in [0.3, 0.4) is 0 Å². The fraction of sp³-hybridized carbons (Fsp3) is 0.214. The first-order valence-electron chi connectivity index (χ1n) is 5.94. The van der Waals surface area contributed by atoms with E-state index in [4.69, 9.17) is 5.73 Å². The molecule has 0 spiro atoms. The van der Waals surface area contributed by atoms with Crippen LogP contribution in [0.15, 0.2) is 48.8 Å². The van der Waals surface area contributed by atoms with Crippen LogP contribution in [0.2, 0.25) is 0 Å². The van der Waals surface area contributed by atoms with Gasteiger partial charge < -0.3 is 15.6 Å². The molecule has 1 aromatic heterocycles. The van der Waals surface area contributed by atoms with E-state index in [1.165, 1.54) is 0 Å². The summed E-state index contributed by atoms with van der Waals surface area (Å²) in [5, 5.41) is 2.84. The highest BCUT2D eigenvalue weighted by Crippen LogP contribution is 2.15. The minimum absolute atomic E-state index is 0.0605. The van der Waals surface area contributed by atoms with Crippen molar-refractivity contribution in [1.29, 1.82) is 0 Å². The van der Waals surface area contributed by atoms with Crippen LogP contribution in [0.1, 0.15) is 13.3 Å². The molecule has 18 heavy (non-hydrogen) atoms. The lowest BCUT2D eigenvalue weighted by atomic mass is 10.2. The van der Waals surface area contributed by atoms with E-state index in [1.807, 2.05) is 60.3 Å². The number of carbonyl (C=O) groups is 1. The number of hydrogen-bond donors (Lipinski definition) is 2. The Morgan fingerprint density at radius 3 is 2.72 bits per heavy atom. The molecule has 94 valence electrons. The van der Waals surface area contributed by atoms with Gasteiger partial charge in [-0.05, 0) is 37.3 Å². The smallest absolute Gasteiger partial charge is 0.225 e. The average molecular weight is 243 g/mol. The van der Waals surface area contributed by atoms with Crippen LogP contribution >= 0.6 is 0 Å². The molecule has 0 aliphatic carbocycles. The van der Waals surface area contributed by atoms with Crippen LogP contribution in [-0.4, -0.2) is 16.5 Å². The molecule has 0 fully saturated rings. The topological polar surface area (TPSA) is 60.1 Å². The monoisotopic (exact) mass is 243 g/mol. The number of carbonyl (C=O) groups excluding carboxylic acids is 1. The van der Waals surface area contributed by atoms with E-state index in [0.717, 1.165) is 11.4 Å².